The van der Waals surface area contributed by atoms with Gasteiger partial charge in [-0.25, -0.2) is 0 Å². The van der Waals surface area contributed by atoms with E-state index in [-0.39, 0.29) is 31.0 Å². The summed E-state index contributed by atoms with van der Waals surface area (Å²) in [5, 5.41) is 17.8. The summed E-state index contributed by atoms with van der Waals surface area (Å²) in [4.78, 5) is 22.9. The summed E-state index contributed by atoms with van der Waals surface area (Å²) in [5.74, 6) is 0.549. The first-order valence-electron chi connectivity index (χ1n) is 7.09. The molecule has 0 aromatic rings. The van der Waals surface area contributed by atoms with Gasteiger partial charge in [0.2, 0.25) is 11.8 Å². The highest BCUT2D eigenvalue weighted by Gasteiger charge is 2.27. The monoisotopic (exact) mass is 269 g/mol. The number of nitrogens with one attached hydrogen (secondary N) is 3. The van der Waals surface area contributed by atoms with Crippen LogP contribution in [0.2, 0.25) is 0 Å². The van der Waals surface area contributed by atoms with Crippen LogP contribution in [0.15, 0.2) is 0 Å². The first kappa shape index (κ1) is 14.3. The molecule has 1 heterocycles. The summed E-state index contributed by atoms with van der Waals surface area (Å²) in [6.07, 6.45) is 4.47. The van der Waals surface area contributed by atoms with Crippen molar-refractivity contribution < 1.29 is 14.7 Å². The topological polar surface area (TPSA) is 90.5 Å². The van der Waals surface area contributed by atoms with Crippen LogP contribution in [-0.4, -0.2) is 49.2 Å². The van der Waals surface area contributed by atoms with E-state index in [1.54, 1.807) is 0 Å². The Labute approximate surface area is 113 Å². The lowest BCUT2D eigenvalue weighted by Crippen LogP contribution is -2.58. The number of carbonyl (C=O) groups excluding carboxylic acids is 2. The Morgan fingerprint density at radius 3 is 2.68 bits per heavy atom. The lowest BCUT2D eigenvalue weighted by Gasteiger charge is -2.31. The normalized spacial score (nSPS) is 31.6. The highest BCUT2D eigenvalue weighted by Crippen LogP contribution is 2.29. The van der Waals surface area contributed by atoms with Crippen LogP contribution in [0.25, 0.3) is 0 Å². The minimum atomic E-state index is -0.339. The minimum Gasteiger partial charge on any atom is -0.396 e. The fourth-order valence-electron chi connectivity index (χ4n) is 2.90. The van der Waals surface area contributed by atoms with E-state index in [1.807, 2.05) is 0 Å². The first-order chi connectivity index (χ1) is 9.20. The molecule has 1 aliphatic carbocycles. The third-order valence-corrected chi connectivity index (χ3v) is 4.17. The number of aliphatic hydroxyl groups excluding tert-OH is 1. The fourth-order valence-corrected chi connectivity index (χ4v) is 2.90. The van der Waals surface area contributed by atoms with Crippen molar-refractivity contribution in [2.75, 3.05) is 26.2 Å². The van der Waals surface area contributed by atoms with Crippen molar-refractivity contribution >= 4 is 11.8 Å². The molecule has 0 bridgehead atoms. The minimum absolute atomic E-state index is 0.0673. The molecule has 3 unspecified atom stereocenters. The number of hydrogen-bond acceptors (Lipinski definition) is 4. The van der Waals surface area contributed by atoms with Crippen molar-refractivity contribution in [1.82, 2.24) is 16.0 Å². The van der Waals surface area contributed by atoms with Gasteiger partial charge in [-0.3, -0.25) is 14.9 Å². The smallest absolute Gasteiger partial charge is 0.238 e. The molecule has 2 rings (SSSR count). The van der Waals surface area contributed by atoms with Crippen LogP contribution in [0, 0.1) is 11.8 Å². The van der Waals surface area contributed by atoms with E-state index in [9.17, 15) is 14.7 Å². The molecule has 1 saturated carbocycles. The molecular weight excluding hydrogens is 246 g/mol. The number of rotatable bonds is 4. The number of amides is 2. The standard InChI is InChI=1S/C13H23N3O3/c17-8-10-4-2-1-3-9(10)5-16-13(19)11-6-15-12(18)7-14-11/h9-11,14,17H,1-8H2,(H,15,18)(H,16,19). The maximum absolute atomic E-state index is 12.0. The van der Waals surface area contributed by atoms with Gasteiger partial charge < -0.3 is 15.7 Å². The molecule has 0 aromatic carbocycles. The highest BCUT2D eigenvalue weighted by atomic mass is 16.3. The van der Waals surface area contributed by atoms with Crippen LogP contribution < -0.4 is 16.0 Å². The molecule has 1 aliphatic heterocycles. The summed E-state index contributed by atoms with van der Waals surface area (Å²) in [6, 6.07) is -0.339. The van der Waals surface area contributed by atoms with Crippen LogP contribution in [0.3, 0.4) is 0 Å². The summed E-state index contributed by atoms with van der Waals surface area (Å²) in [7, 11) is 0. The summed E-state index contributed by atoms with van der Waals surface area (Å²) < 4.78 is 0. The molecule has 1 saturated heterocycles. The van der Waals surface area contributed by atoms with Gasteiger partial charge in [0.05, 0.1) is 6.54 Å². The number of aliphatic hydroxyl groups is 1. The molecule has 6 nitrogen and oxygen atoms in total. The Morgan fingerprint density at radius 1 is 1.32 bits per heavy atom. The van der Waals surface area contributed by atoms with E-state index < -0.39 is 0 Å². The Bertz CT molecular complexity index is 325. The van der Waals surface area contributed by atoms with Gasteiger partial charge >= 0.3 is 0 Å². The molecule has 6 heteroatoms. The molecular formula is C13H23N3O3. The zero-order chi connectivity index (χ0) is 13.7. The molecule has 0 aromatic heterocycles. The van der Waals surface area contributed by atoms with E-state index in [0.29, 0.717) is 24.9 Å². The number of hydrogen-bond donors (Lipinski definition) is 4. The van der Waals surface area contributed by atoms with Crippen LogP contribution >= 0.6 is 0 Å². The molecule has 2 fully saturated rings. The lowest BCUT2D eigenvalue weighted by molar-refractivity contribution is -0.126. The van der Waals surface area contributed by atoms with Gasteiger partial charge in [0, 0.05) is 19.7 Å². The lowest BCUT2D eigenvalue weighted by atomic mass is 9.79. The molecule has 2 amide bonds. The van der Waals surface area contributed by atoms with Gasteiger partial charge in [0.25, 0.3) is 0 Å². The molecule has 3 atom stereocenters. The van der Waals surface area contributed by atoms with Crippen LogP contribution in [0.4, 0.5) is 0 Å². The molecule has 4 N–H and O–H groups in total. The second-order valence-electron chi connectivity index (χ2n) is 5.47. The molecule has 2 aliphatic rings. The van der Waals surface area contributed by atoms with E-state index in [4.69, 9.17) is 0 Å². The third kappa shape index (κ3) is 3.91. The van der Waals surface area contributed by atoms with Crippen molar-refractivity contribution in [2.45, 2.75) is 31.7 Å². The Morgan fingerprint density at radius 2 is 2.05 bits per heavy atom. The second-order valence-corrected chi connectivity index (χ2v) is 5.47. The second kappa shape index (κ2) is 6.86. The Balaban J connectivity index is 1.74. The zero-order valence-electron chi connectivity index (χ0n) is 11.2. The fraction of sp³-hybridized carbons (Fsp3) is 0.846. The van der Waals surface area contributed by atoms with Crippen molar-refractivity contribution in [2.24, 2.45) is 11.8 Å². The predicted octanol–water partition coefficient (Wildman–Crippen LogP) is -1.01. The van der Waals surface area contributed by atoms with Gasteiger partial charge in [0.15, 0.2) is 0 Å². The van der Waals surface area contributed by atoms with Crippen LogP contribution in [0.1, 0.15) is 25.7 Å². The first-order valence-corrected chi connectivity index (χ1v) is 7.09. The molecule has 0 radical (unpaired) electrons. The van der Waals surface area contributed by atoms with E-state index in [2.05, 4.69) is 16.0 Å². The zero-order valence-corrected chi connectivity index (χ0v) is 11.2. The van der Waals surface area contributed by atoms with Gasteiger partial charge in [-0.15, -0.1) is 0 Å². The van der Waals surface area contributed by atoms with Crippen molar-refractivity contribution in [3.8, 4) is 0 Å². The third-order valence-electron chi connectivity index (χ3n) is 4.17. The Kier molecular flexibility index (Phi) is 5.15. The molecule has 108 valence electrons. The summed E-state index contributed by atoms with van der Waals surface area (Å²) in [6.45, 7) is 1.37. The van der Waals surface area contributed by atoms with Gasteiger partial charge in [-0.2, -0.15) is 0 Å². The van der Waals surface area contributed by atoms with Crippen molar-refractivity contribution in [1.29, 1.82) is 0 Å². The van der Waals surface area contributed by atoms with E-state index >= 15 is 0 Å². The SMILES string of the molecule is O=C1CNC(C(=O)NCC2CCCCC2CO)CN1. The maximum Gasteiger partial charge on any atom is 0.238 e. The van der Waals surface area contributed by atoms with Gasteiger partial charge in [-0.1, -0.05) is 12.8 Å². The van der Waals surface area contributed by atoms with Crippen LogP contribution in [0.5, 0.6) is 0 Å². The summed E-state index contributed by atoms with van der Waals surface area (Å²) in [5.41, 5.74) is 0. The average Bonchev–Trinajstić information content (AvgIpc) is 2.45. The van der Waals surface area contributed by atoms with E-state index in [0.717, 1.165) is 12.8 Å². The maximum atomic E-state index is 12.0. The Hall–Kier alpha value is -1.14. The number of carbonyl (C=O) groups is 2. The van der Waals surface area contributed by atoms with Crippen molar-refractivity contribution in [3.63, 3.8) is 0 Å². The summed E-state index contributed by atoms with van der Waals surface area (Å²) >= 11 is 0. The predicted molar refractivity (Wildman–Crippen MR) is 70.3 cm³/mol. The van der Waals surface area contributed by atoms with Gasteiger partial charge in [-0.05, 0) is 24.7 Å². The average molecular weight is 269 g/mol. The highest BCUT2D eigenvalue weighted by molar-refractivity contribution is 5.86. The molecule has 19 heavy (non-hydrogen) atoms. The van der Waals surface area contributed by atoms with Gasteiger partial charge in [0.1, 0.15) is 6.04 Å². The largest absolute Gasteiger partial charge is 0.396 e. The quantitative estimate of drug-likeness (QED) is 0.526. The number of piperazine rings is 1. The van der Waals surface area contributed by atoms with E-state index in [1.165, 1.54) is 12.8 Å². The molecule has 0 spiro atoms. The van der Waals surface area contributed by atoms with Crippen LogP contribution in [-0.2, 0) is 9.59 Å². The van der Waals surface area contributed by atoms with Crippen molar-refractivity contribution in [3.05, 3.63) is 0 Å².